The number of carbonyl (C=O) groups excluding carboxylic acids is 2. The number of hydrogen-bond donors (Lipinski definition) is 0. The van der Waals surface area contributed by atoms with Gasteiger partial charge in [-0.3, -0.25) is 9.59 Å². The molecule has 1 unspecified atom stereocenters. The normalized spacial score (nSPS) is 19.9. The summed E-state index contributed by atoms with van der Waals surface area (Å²) in [5.41, 5.74) is -0.0339. The Kier molecular flexibility index (Phi) is 4.25. The maximum atomic E-state index is 14.8. The molecular weight excluding hydrogens is 404 g/mol. The first-order valence-corrected chi connectivity index (χ1v) is 9.78. The Morgan fingerprint density at radius 2 is 1.71 bits per heavy atom. The molecule has 3 aromatic rings. The summed E-state index contributed by atoms with van der Waals surface area (Å²) in [4.78, 5) is 29.9. The summed E-state index contributed by atoms with van der Waals surface area (Å²) < 4.78 is 28.8. The van der Waals surface area contributed by atoms with Crippen molar-refractivity contribution in [3.63, 3.8) is 0 Å². The fourth-order valence-corrected chi connectivity index (χ4v) is 4.62. The number of amides is 2. The van der Waals surface area contributed by atoms with Gasteiger partial charge < -0.3 is 15.0 Å². The monoisotopic (exact) mass is 421 g/mol. The Hall–Kier alpha value is -3.81. The van der Waals surface area contributed by atoms with E-state index in [2.05, 4.69) is 0 Å². The molecule has 0 N–H and O–H groups in total. The molecule has 2 aromatic carbocycles. The summed E-state index contributed by atoms with van der Waals surface area (Å²) in [6.07, 6.45) is 2.60. The van der Waals surface area contributed by atoms with Crippen LogP contribution in [-0.4, -0.2) is 34.7 Å². The number of pyridine rings is 1. The topological polar surface area (TPSA) is 67.6 Å². The zero-order valence-electron chi connectivity index (χ0n) is 16.3. The maximum Gasteiger partial charge on any atom is 0.256 e. The van der Waals surface area contributed by atoms with Crippen LogP contribution in [0.2, 0.25) is 0 Å². The fourth-order valence-electron chi connectivity index (χ4n) is 4.62. The molecule has 1 atom stereocenters. The van der Waals surface area contributed by atoms with E-state index in [0.717, 1.165) is 0 Å². The third kappa shape index (κ3) is 2.78. The average Bonchev–Trinajstić information content (AvgIpc) is 3.16. The summed E-state index contributed by atoms with van der Waals surface area (Å²) in [6.45, 7) is 0.456. The number of halogens is 2. The molecule has 0 radical (unpaired) electrons. The molecule has 3 heterocycles. The summed E-state index contributed by atoms with van der Waals surface area (Å²) >= 11 is 0. The van der Waals surface area contributed by atoms with Crippen LogP contribution in [0.5, 0.6) is 0 Å². The highest BCUT2D eigenvalue weighted by molar-refractivity contribution is 6.00. The lowest BCUT2D eigenvalue weighted by Crippen LogP contribution is -2.58. The van der Waals surface area contributed by atoms with Gasteiger partial charge in [-0.15, -0.1) is 0 Å². The Bertz CT molecular complexity index is 1200. The zero-order valence-corrected chi connectivity index (χ0v) is 16.3. The highest BCUT2D eigenvalue weighted by Crippen LogP contribution is 2.45. The molecule has 8 heteroatoms. The van der Waals surface area contributed by atoms with E-state index in [4.69, 9.17) is 0 Å². The highest BCUT2D eigenvalue weighted by atomic mass is 19.1. The average molecular weight is 421 g/mol. The van der Waals surface area contributed by atoms with Gasteiger partial charge >= 0.3 is 0 Å². The number of carbonyl (C=O) groups is 2. The second-order valence-corrected chi connectivity index (χ2v) is 7.63. The number of nitrogens with zero attached hydrogens (tertiary/aromatic N) is 3. The molecule has 2 aliphatic rings. The summed E-state index contributed by atoms with van der Waals surface area (Å²) in [6, 6.07) is 12.6. The van der Waals surface area contributed by atoms with Crippen molar-refractivity contribution in [2.75, 3.05) is 13.1 Å². The second-order valence-electron chi connectivity index (χ2n) is 7.63. The lowest BCUT2D eigenvalue weighted by atomic mass is 9.83. The van der Waals surface area contributed by atoms with Gasteiger partial charge in [-0.25, -0.2) is 8.78 Å². The number of aromatic nitrogens is 1. The maximum absolute atomic E-state index is 14.8. The van der Waals surface area contributed by atoms with Crippen LogP contribution in [0.25, 0.3) is 0 Å². The van der Waals surface area contributed by atoms with Gasteiger partial charge in [0.25, 0.3) is 11.8 Å². The third-order valence-corrected chi connectivity index (χ3v) is 6.06. The predicted octanol–water partition coefficient (Wildman–Crippen LogP) is 2.61. The first-order chi connectivity index (χ1) is 14.9. The van der Waals surface area contributed by atoms with Crippen LogP contribution in [0.15, 0.2) is 67.0 Å². The van der Waals surface area contributed by atoms with E-state index in [0.29, 0.717) is 10.3 Å². The Labute approximate surface area is 176 Å². The lowest BCUT2D eigenvalue weighted by molar-refractivity contribution is -0.605. The second kappa shape index (κ2) is 6.87. The number of fused-ring (bicyclic) bond motifs is 2. The van der Waals surface area contributed by atoms with E-state index in [1.54, 1.807) is 11.0 Å². The van der Waals surface area contributed by atoms with Gasteiger partial charge in [-0.1, -0.05) is 6.07 Å². The molecule has 0 saturated carbocycles. The van der Waals surface area contributed by atoms with Gasteiger partial charge in [0.05, 0.1) is 0 Å². The molecule has 0 spiro atoms. The summed E-state index contributed by atoms with van der Waals surface area (Å²) in [7, 11) is 0. The fraction of sp³-hybridized carbons (Fsp3) is 0.174. The van der Waals surface area contributed by atoms with Crippen molar-refractivity contribution in [3.05, 3.63) is 106 Å². The highest BCUT2D eigenvalue weighted by Gasteiger charge is 2.56. The minimum Gasteiger partial charge on any atom is -0.619 e. The molecule has 0 bridgehead atoms. The van der Waals surface area contributed by atoms with Crippen LogP contribution >= 0.6 is 0 Å². The summed E-state index contributed by atoms with van der Waals surface area (Å²) in [5.74, 6) is -1.79. The molecule has 0 aliphatic carbocycles. The zero-order chi connectivity index (χ0) is 21.8. The minimum absolute atomic E-state index is 0.0382. The quantitative estimate of drug-likeness (QED) is 0.472. The van der Waals surface area contributed by atoms with Crippen molar-refractivity contribution in [3.8, 4) is 0 Å². The number of rotatable bonds is 2. The largest absolute Gasteiger partial charge is 0.619 e. The smallest absolute Gasteiger partial charge is 0.256 e. The number of hydrogen-bond acceptors (Lipinski definition) is 3. The van der Waals surface area contributed by atoms with E-state index < -0.39 is 23.2 Å². The molecule has 156 valence electrons. The van der Waals surface area contributed by atoms with Gasteiger partial charge in [-0.2, -0.15) is 4.73 Å². The molecule has 31 heavy (non-hydrogen) atoms. The number of benzene rings is 2. The standard InChI is InChI=1S/C23H17F2N3O3/c24-17-6-4-15(5-7-17)21(29)27-12-13-28-22(30)18-2-1-3-20(25)19(18)14-23(27,28)16-8-10-26(31)11-9-16/h1-11H,12-14H2. The Morgan fingerprint density at radius 3 is 2.42 bits per heavy atom. The SMILES string of the molecule is O=C(c1ccc(F)cc1)N1CCN2C(=O)c3cccc(F)c3CC12c1cc[n+]([O-])cc1. The molecule has 1 saturated heterocycles. The van der Waals surface area contributed by atoms with E-state index in [1.807, 2.05) is 0 Å². The van der Waals surface area contributed by atoms with E-state index in [1.165, 1.54) is 65.8 Å². The first kappa shape index (κ1) is 19.2. The van der Waals surface area contributed by atoms with Gasteiger partial charge in [0.15, 0.2) is 12.4 Å². The molecule has 6 nitrogen and oxygen atoms in total. The van der Waals surface area contributed by atoms with Gasteiger partial charge in [0.2, 0.25) is 0 Å². The van der Waals surface area contributed by atoms with Gasteiger partial charge in [0, 0.05) is 53.9 Å². The first-order valence-electron chi connectivity index (χ1n) is 9.78. The lowest BCUT2D eigenvalue weighted by Gasteiger charge is -2.47. The van der Waals surface area contributed by atoms with Crippen molar-refractivity contribution >= 4 is 11.8 Å². The molecule has 1 aromatic heterocycles. The van der Waals surface area contributed by atoms with Crippen LogP contribution in [0.4, 0.5) is 8.78 Å². The summed E-state index contributed by atoms with van der Waals surface area (Å²) in [5, 5.41) is 11.6. The van der Waals surface area contributed by atoms with Crippen molar-refractivity contribution in [1.29, 1.82) is 0 Å². The Morgan fingerprint density at radius 1 is 1.00 bits per heavy atom. The van der Waals surface area contributed by atoms with Gasteiger partial charge in [0.1, 0.15) is 17.3 Å². The molecule has 5 rings (SSSR count). The minimum atomic E-state index is -1.30. The van der Waals surface area contributed by atoms with Crippen molar-refractivity contribution in [2.45, 2.75) is 12.1 Å². The van der Waals surface area contributed by atoms with Gasteiger partial charge in [-0.05, 0) is 36.4 Å². The van der Waals surface area contributed by atoms with Crippen LogP contribution in [0, 0.1) is 16.8 Å². The molecule has 1 fully saturated rings. The molecular formula is C23H17F2N3O3. The van der Waals surface area contributed by atoms with Crippen LogP contribution in [-0.2, 0) is 12.1 Å². The van der Waals surface area contributed by atoms with Crippen LogP contribution in [0.1, 0.15) is 31.8 Å². The van der Waals surface area contributed by atoms with E-state index in [-0.39, 0.29) is 42.1 Å². The van der Waals surface area contributed by atoms with Crippen molar-refractivity contribution in [1.82, 2.24) is 9.80 Å². The van der Waals surface area contributed by atoms with E-state index >= 15 is 0 Å². The molecule has 2 aliphatic heterocycles. The van der Waals surface area contributed by atoms with Crippen LogP contribution in [0.3, 0.4) is 0 Å². The van der Waals surface area contributed by atoms with E-state index in [9.17, 15) is 23.6 Å². The Balaban J connectivity index is 1.70. The third-order valence-electron chi connectivity index (χ3n) is 6.06. The predicted molar refractivity (Wildman–Crippen MR) is 106 cm³/mol. The van der Waals surface area contributed by atoms with Crippen molar-refractivity contribution in [2.24, 2.45) is 0 Å². The molecule has 2 amide bonds. The van der Waals surface area contributed by atoms with Crippen LogP contribution < -0.4 is 4.73 Å². The van der Waals surface area contributed by atoms with Crippen molar-refractivity contribution < 1.29 is 23.1 Å².